The number of nitrogens with one attached hydrogen (secondary N) is 1. The van der Waals surface area contributed by atoms with Crippen LogP contribution in [0.5, 0.6) is 0 Å². The van der Waals surface area contributed by atoms with Gasteiger partial charge in [0.15, 0.2) is 0 Å². The molecule has 0 saturated heterocycles. The molecule has 0 unspecified atom stereocenters. The number of thiophene rings is 1. The van der Waals surface area contributed by atoms with Crippen LogP contribution in [0.4, 0.5) is 5.69 Å². The van der Waals surface area contributed by atoms with Gasteiger partial charge in [-0.15, -0.1) is 22.7 Å². The maximum atomic E-state index is 12.8. The first kappa shape index (κ1) is 19.1. The predicted molar refractivity (Wildman–Crippen MR) is 111 cm³/mol. The number of anilines is 1. The molecule has 0 aliphatic rings. The fourth-order valence-electron chi connectivity index (χ4n) is 2.36. The van der Waals surface area contributed by atoms with Crippen molar-refractivity contribution in [1.29, 1.82) is 0 Å². The largest absolute Gasteiger partial charge is 0.279 e. The number of hydrogen-bond acceptors (Lipinski definition) is 5. The highest BCUT2D eigenvalue weighted by Crippen LogP contribution is 2.34. The number of sulfonamides is 1. The van der Waals surface area contributed by atoms with Crippen LogP contribution in [-0.2, 0) is 15.4 Å². The maximum absolute atomic E-state index is 12.8. The van der Waals surface area contributed by atoms with E-state index in [1.54, 1.807) is 17.4 Å². The van der Waals surface area contributed by atoms with Crippen LogP contribution in [0.1, 0.15) is 37.6 Å². The van der Waals surface area contributed by atoms with E-state index in [1.807, 2.05) is 42.8 Å². The fraction of sp³-hybridized carbons (Fsp3) is 0.316. The highest BCUT2D eigenvalue weighted by atomic mass is 32.2. The maximum Gasteiger partial charge on any atom is 0.271 e. The molecular weight excluding hydrogens is 384 g/mol. The van der Waals surface area contributed by atoms with Crippen molar-refractivity contribution < 1.29 is 8.42 Å². The van der Waals surface area contributed by atoms with Gasteiger partial charge in [-0.3, -0.25) is 4.72 Å². The van der Waals surface area contributed by atoms with Gasteiger partial charge in [-0.05, 0) is 37.1 Å². The quantitative estimate of drug-likeness (QED) is 0.615. The minimum absolute atomic E-state index is 0.0239. The summed E-state index contributed by atoms with van der Waals surface area (Å²) in [5.74, 6) is 0. The molecule has 4 nitrogen and oxygen atoms in total. The average Bonchev–Trinajstić information content (AvgIpc) is 3.18. The first-order valence-corrected chi connectivity index (χ1v) is 11.5. The Bertz CT molecular complexity index is 1040. The van der Waals surface area contributed by atoms with Crippen LogP contribution >= 0.6 is 22.7 Å². The lowest BCUT2D eigenvalue weighted by atomic mass is 9.93. The zero-order valence-corrected chi connectivity index (χ0v) is 17.9. The lowest BCUT2D eigenvalue weighted by Gasteiger charge is -2.14. The van der Waals surface area contributed by atoms with E-state index in [2.05, 4.69) is 30.5 Å². The Balaban J connectivity index is 1.89. The first-order chi connectivity index (χ1) is 12.1. The molecule has 0 aliphatic heterocycles. The summed E-state index contributed by atoms with van der Waals surface area (Å²) >= 11 is 2.76. The molecule has 2 heterocycles. The summed E-state index contributed by atoms with van der Waals surface area (Å²) in [5, 5.41) is 4.73. The van der Waals surface area contributed by atoms with Crippen LogP contribution in [0.2, 0.25) is 0 Å². The third kappa shape index (κ3) is 4.00. The third-order valence-corrected chi connectivity index (χ3v) is 7.69. The lowest BCUT2D eigenvalue weighted by molar-refractivity contribution is 0.573. The van der Waals surface area contributed by atoms with E-state index < -0.39 is 10.0 Å². The van der Waals surface area contributed by atoms with Gasteiger partial charge in [0.2, 0.25) is 0 Å². The molecule has 0 spiro atoms. The van der Waals surface area contributed by atoms with Gasteiger partial charge in [-0.1, -0.05) is 32.9 Å². The Morgan fingerprint density at radius 1 is 1.04 bits per heavy atom. The Morgan fingerprint density at radius 2 is 1.77 bits per heavy atom. The van der Waals surface area contributed by atoms with Gasteiger partial charge in [0, 0.05) is 21.7 Å². The van der Waals surface area contributed by atoms with Gasteiger partial charge in [-0.2, -0.15) is 0 Å². The van der Waals surface area contributed by atoms with Crippen molar-refractivity contribution in [1.82, 2.24) is 4.98 Å². The monoisotopic (exact) mass is 406 g/mol. The zero-order valence-electron chi connectivity index (χ0n) is 15.5. The van der Waals surface area contributed by atoms with Crippen molar-refractivity contribution in [2.45, 2.75) is 44.2 Å². The van der Waals surface area contributed by atoms with Crippen LogP contribution in [0.25, 0.3) is 10.6 Å². The van der Waals surface area contributed by atoms with Gasteiger partial charge in [0.05, 0.1) is 11.4 Å². The molecule has 0 aliphatic carbocycles. The summed E-state index contributed by atoms with van der Waals surface area (Å²) in [6.07, 6.45) is 0. The van der Waals surface area contributed by atoms with Crippen molar-refractivity contribution in [2.24, 2.45) is 0 Å². The molecule has 2 aromatic heterocycles. The van der Waals surface area contributed by atoms with E-state index in [9.17, 15) is 8.42 Å². The number of nitrogens with zero attached hydrogens (tertiary/aromatic N) is 1. The fourth-order valence-corrected chi connectivity index (χ4v) is 5.76. The van der Waals surface area contributed by atoms with Gasteiger partial charge < -0.3 is 0 Å². The second kappa shape index (κ2) is 6.79. The molecule has 3 aromatic rings. The van der Waals surface area contributed by atoms with Gasteiger partial charge in [0.25, 0.3) is 10.0 Å². The first-order valence-electron chi connectivity index (χ1n) is 8.21. The minimum Gasteiger partial charge on any atom is -0.279 e. The summed E-state index contributed by atoms with van der Waals surface area (Å²) in [7, 11) is -3.62. The topological polar surface area (TPSA) is 59.1 Å². The standard InChI is InChI=1S/C19H22N2O2S3/c1-12-6-7-13(2)15(8-12)21-26(22,23)17-9-14(10-24-17)18-20-16(11-25-18)19(3,4)5/h6-11,21H,1-5H3. The van der Waals surface area contributed by atoms with E-state index in [0.717, 1.165) is 27.4 Å². The Labute approximate surface area is 163 Å². The van der Waals surface area contributed by atoms with E-state index in [1.165, 1.54) is 11.3 Å². The van der Waals surface area contributed by atoms with Crippen molar-refractivity contribution in [3.63, 3.8) is 0 Å². The smallest absolute Gasteiger partial charge is 0.271 e. The third-order valence-electron chi connectivity index (χ3n) is 4.00. The molecular formula is C19H22N2O2S3. The SMILES string of the molecule is Cc1ccc(C)c(NS(=O)(=O)c2cc(-c3nc(C(C)(C)C)cs3)cs2)c1. The van der Waals surface area contributed by atoms with Crippen molar-refractivity contribution in [3.8, 4) is 10.6 Å². The Kier molecular flexibility index (Phi) is 4.98. The number of hydrogen-bond donors (Lipinski definition) is 1. The van der Waals surface area contributed by atoms with Gasteiger partial charge in [-0.25, -0.2) is 13.4 Å². The number of aromatic nitrogens is 1. The highest BCUT2D eigenvalue weighted by molar-refractivity contribution is 7.94. The van der Waals surface area contributed by atoms with E-state index >= 15 is 0 Å². The molecule has 1 N–H and O–H groups in total. The van der Waals surface area contributed by atoms with Crippen LogP contribution in [0.3, 0.4) is 0 Å². The summed E-state index contributed by atoms with van der Waals surface area (Å²) in [5.41, 5.74) is 4.36. The van der Waals surface area contributed by atoms with Crippen LogP contribution in [-0.4, -0.2) is 13.4 Å². The Morgan fingerprint density at radius 3 is 2.42 bits per heavy atom. The molecule has 138 valence electrons. The summed E-state index contributed by atoms with van der Waals surface area (Å²) in [4.78, 5) is 4.67. The molecule has 1 aromatic carbocycles. The molecule has 0 bridgehead atoms. The van der Waals surface area contributed by atoms with Gasteiger partial charge >= 0.3 is 0 Å². The van der Waals surface area contributed by atoms with Crippen LogP contribution < -0.4 is 4.72 Å². The van der Waals surface area contributed by atoms with Crippen LogP contribution in [0, 0.1) is 13.8 Å². The van der Waals surface area contributed by atoms with Gasteiger partial charge in [0.1, 0.15) is 9.22 Å². The number of benzene rings is 1. The molecule has 0 radical (unpaired) electrons. The Hall–Kier alpha value is -1.70. The van der Waals surface area contributed by atoms with E-state index in [-0.39, 0.29) is 5.41 Å². The van der Waals surface area contributed by atoms with Crippen molar-refractivity contribution in [2.75, 3.05) is 4.72 Å². The summed E-state index contributed by atoms with van der Waals surface area (Å²) in [6, 6.07) is 7.42. The number of thiazole rings is 1. The normalized spacial score (nSPS) is 12.3. The van der Waals surface area contributed by atoms with Crippen LogP contribution in [0.15, 0.2) is 39.2 Å². The molecule has 0 saturated carbocycles. The molecule has 7 heteroatoms. The van der Waals surface area contributed by atoms with Crippen molar-refractivity contribution in [3.05, 3.63) is 51.8 Å². The second-order valence-corrected chi connectivity index (χ2v) is 11.0. The minimum atomic E-state index is -3.62. The molecule has 3 rings (SSSR count). The lowest BCUT2D eigenvalue weighted by Crippen LogP contribution is -2.12. The average molecular weight is 407 g/mol. The summed E-state index contributed by atoms with van der Waals surface area (Å²) < 4.78 is 28.5. The molecule has 26 heavy (non-hydrogen) atoms. The predicted octanol–water partition coefficient (Wildman–Crippen LogP) is 5.59. The molecule has 0 amide bonds. The molecule has 0 fully saturated rings. The number of aryl methyl sites for hydroxylation is 2. The number of rotatable bonds is 4. The molecule has 0 atom stereocenters. The zero-order chi connectivity index (χ0) is 19.1. The van der Waals surface area contributed by atoms with Crippen molar-refractivity contribution >= 4 is 38.4 Å². The second-order valence-electron chi connectivity index (χ2n) is 7.37. The highest BCUT2D eigenvalue weighted by Gasteiger charge is 2.21. The van der Waals surface area contributed by atoms with E-state index in [4.69, 9.17) is 0 Å². The van der Waals surface area contributed by atoms with E-state index in [0.29, 0.717) is 9.90 Å². The summed E-state index contributed by atoms with van der Waals surface area (Å²) in [6.45, 7) is 10.2.